The molecule has 0 saturated heterocycles. The summed E-state index contributed by atoms with van der Waals surface area (Å²) in [5, 5.41) is 0. The first-order chi connectivity index (χ1) is 9.88. The molecule has 0 saturated carbocycles. The SMILES string of the molecule is Cc1ccccc1N(CCCN)S(=O)(=O)CCOC(C)C. The highest BCUT2D eigenvalue weighted by Crippen LogP contribution is 2.23. The first-order valence-electron chi connectivity index (χ1n) is 7.26. The van der Waals surface area contributed by atoms with Crippen LogP contribution in [0.1, 0.15) is 25.8 Å². The lowest BCUT2D eigenvalue weighted by Gasteiger charge is -2.26. The molecule has 0 aliphatic heterocycles. The summed E-state index contributed by atoms with van der Waals surface area (Å²) in [6.45, 7) is 6.74. The quantitative estimate of drug-likeness (QED) is 0.755. The number of benzene rings is 1. The molecule has 0 aliphatic rings. The van der Waals surface area contributed by atoms with E-state index in [2.05, 4.69) is 0 Å². The van der Waals surface area contributed by atoms with Gasteiger partial charge in [-0.2, -0.15) is 0 Å². The van der Waals surface area contributed by atoms with Gasteiger partial charge in [-0.15, -0.1) is 0 Å². The molecule has 0 spiro atoms. The third-order valence-corrected chi connectivity index (χ3v) is 4.81. The highest BCUT2D eigenvalue weighted by atomic mass is 32.2. The fourth-order valence-electron chi connectivity index (χ4n) is 1.99. The molecule has 2 N–H and O–H groups in total. The summed E-state index contributed by atoms with van der Waals surface area (Å²) < 4.78 is 32.0. The molecule has 1 rings (SSSR count). The largest absolute Gasteiger partial charge is 0.378 e. The van der Waals surface area contributed by atoms with Gasteiger partial charge in [-0.3, -0.25) is 4.31 Å². The summed E-state index contributed by atoms with van der Waals surface area (Å²) in [5.41, 5.74) is 7.18. The third-order valence-electron chi connectivity index (χ3n) is 3.08. The van der Waals surface area contributed by atoms with Crippen molar-refractivity contribution >= 4 is 15.7 Å². The van der Waals surface area contributed by atoms with Crippen molar-refractivity contribution < 1.29 is 13.2 Å². The number of aryl methyl sites for hydroxylation is 1. The van der Waals surface area contributed by atoms with Crippen molar-refractivity contribution in [3.8, 4) is 0 Å². The molecule has 0 atom stereocenters. The molecule has 1 aromatic rings. The van der Waals surface area contributed by atoms with Crippen LogP contribution in [0.4, 0.5) is 5.69 Å². The van der Waals surface area contributed by atoms with Crippen LogP contribution in [-0.4, -0.2) is 40.0 Å². The number of sulfonamides is 1. The average molecular weight is 314 g/mol. The van der Waals surface area contributed by atoms with Gasteiger partial charge in [0.05, 0.1) is 24.2 Å². The van der Waals surface area contributed by atoms with Crippen LogP contribution in [0, 0.1) is 6.92 Å². The van der Waals surface area contributed by atoms with Gasteiger partial charge in [0, 0.05) is 6.54 Å². The van der Waals surface area contributed by atoms with E-state index in [1.807, 2.05) is 45.0 Å². The number of rotatable bonds is 9. The molecule has 0 heterocycles. The normalized spacial score (nSPS) is 11.9. The molecule has 0 bridgehead atoms. The van der Waals surface area contributed by atoms with Crippen LogP contribution in [-0.2, 0) is 14.8 Å². The minimum Gasteiger partial charge on any atom is -0.378 e. The van der Waals surface area contributed by atoms with Gasteiger partial charge in [0.15, 0.2) is 0 Å². The predicted molar refractivity (Wildman–Crippen MR) is 87.1 cm³/mol. The van der Waals surface area contributed by atoms with Crippen LogP contribution in [0.2, 0.25) is 0 Å². The number of nitrogens with two attached hydrogens (primary N) is 1. The minimum atomic E-state index is -3.41. The van der Waals surface area contributed by atoms with Gasteiger partial charge in [-0.1, -0.05) is 18.2 Å². The molecular weight excluding hydrogens is 288 g/mol. The van der Waals surface area contributed by atoms with E-state index >= 15 is 0 Å². The number of anilines is 1. The fourth-order valence-corrected chi connectivity index (χ4v) is 3.43. The fraction of sp³-hybridized carbons (Fsp3) is 0.600. The molecule has 0 aliphatic carbocycles. The topological polar surface area (TPSA) is 72.6 Å². The maximum atomic E-state index is 12.6. The van der Waals surface area contributed by atoms with Gasteiger partial charge in [0.1, 0.15) is 0 Å². The minimum absolute atomic E-state index is 0.0237. The first-order valence-corrected chi connectivity index (χ1v) is 8.87. The smallest absolute Gasteiger partial charge is 0.237 e. The third kappa shape index (κ3) is 5.65. The number of hydrogen-bond donors (Lipinski definition) is 1. The zero-order chi connectivity index (χ0) is 15.9. The Morgan fingerprint density at radius 3 is 2.52 bits per heavy atom. The number of nitrogens with zero attached hydrogens (tertiary/aromatic N) is 1. The van der Waals surface area contributed by atoms with Gasteiger partial charge in [0.25, 0.3) is 0 Å². The molecule has 6 heteroatoms. The molecule has 5 nitrogen and oxygen atoms in total. The lowest BCUT2D eigenvalue weighted by Crippen LogP contribution is -2.36. The Bertz CT molecular complexity index is 529. The lowest BCUT2D eigenvalue weighted by atomic mass is 10.2. The van der Waals surface area contributed by atoms with Crippen molar-refractivity contribution in [2.24, 2.45) is 5.73 Å². The Labute approximate surface area is 128 Å². The van der Waals surface area contributed by atoms with Crippen molar-refractivity contribution in [1.82, 2.24) is 0 Å². The Kier molecular flexibility index (Phi) is 7.14. The van der Waals surface area contributed by atoms with Gasteiger partial charge < -0.3 is 10.5 Å². The van der Waals surface area contributed by atoms with Crippen molar-refractivity contribution in [3.05, 3.63) is 29.8 Å². The van der Waals surface area contributed by atoms with Gasteiger partial charge >= 0.3 is 0 Å². The zero-order valence-corrected chi connectivity index (χ0v) is 13.9. The van der Waals surface area contributed by atoms with E-state index in [1.165, 1.54) is 4.31 Å². The second kappa shape index (κ2) is 8.36. The standard InChI is InChI=1S/C15H26N2O3S/c1-13(2)20-11-12-21(18,19)17(10-6-9-16)15-8-5-4-7-14(15)3/h4-5,7-8,13H,6,9-12,16H2,1-3H3. The van der Waals surface area contributed by atoms with Crippen molar-refractivity contribution in [2.45, 2.75) is 33.3 Å². The van der Waals surface area contributed by atoms with Gasteiger partial charge in [-0.25, -0.2) is 8.42 Å². The van der Waals surface area contributed by atoms with E-state index in [0.717, 1.165) is 11.3 Å². The number of ether oxygens (including phenoxy) is 1. The van der Waals surface area contributed by atoms with E-state index < -0.39 is 10.0 Å². The summed E-state index contributed by atoms with van der Waals surface area (Å²) in [5.74, 6) is -0.0237. The van der Waals surface area contributed by atoms with E-state index in [0.29, 0.717) is 19.5 Å². The van der Waals surface area contributed by atoms with Gasteiger partial charge in [-0.05, 0) is 45.4 Å². The maximum Gasteiger partial charge on any atom is 0.237 e. The highest BCUT2D eigenvalue weighted by molar-refractivity contribution is 7.92. The molecule has 0 amide bonds. The lowest BCUT2D eigenvalue weighted by molar-refractivity contribution is 0.0912. The van der Waals surface area contributed by atoms with E-state index in [4.69, 9.17) is 10.5 Å². The summed E-state index contributed by atoms with van der Waals surface area (Å²) in [6, 6.07) is 7.48. The van der Waals surface area contributed by atoms with Crippen molar-refractivity contribution in [3.63, 3.8) is 0 Å². The summed E-state index contributed by atoms with van der Waals surface area (Å²) in [4.78, 5) is 0. The highest BCUT2D eigenvalue weighted by Gasteiger charge is 2.23. The summed E-state index contributed by atoms with van der Waals surface area (Å²) in [7, 11) is -3.41. The maximum absolute atomic E-state index is 12.6. The Morgan fingerprint density at radius 2 is 1.95 bits per heavy atom. The second-order valence-electron chi connectivity index (χ2n) is 5.24. The molecule has 120 valence electrons. The van der Waals surface area contributed by atoms with Crippen LogP contribution < -0.4 is 10.0 Å². The van der Waals surface area contributed by atoms with E-state index in [1.54, 1.807) is 0 Å². The van der Waals surface area contributed by atoms with E-state index in [9.17, 15) is 8.42 Å². The zero-order valence-electron chi connectivity index (χ0n) is 13.1. The average Bonchev–Trinajstić information content (AvgIpc) is 2.40. The predicted octanol–water partition coefficient (Wildman–Crippen LogP) is 1.91. The van der Waals surface area contributed by atoms with Crippen LogP contribution in [0.5, 0.6) is 0 Å². The molecule has 21 heavy (non-hydrogen) atoms. The summed E-state index contributed by atoms with van der Waals surface area (Å²) >= 11 is 0. The second-order valence-corrected chi connectivity index (χ2v) is 7.25. The number of para-hydroxylation sites is 1. The monoisotopic (exact) mass is 314 g/mol. The van der Waals surface area contributed by atoms with Crippen LogP contribution in [0.15, 0.2) is 24.3 Å². The molecular formula is C15H26N2O3S. The Balaban J connectivity index is 2.93. The van der Waals surface area contributed by atoms with Crippen LogP contribution in [0.3, 0.4) is 0 Å². The van der Waals surface area contributed by atoms with E-state index in [-0.39, 0.29) is 18.5 Å². The van der Waals surface area contributed by atoms with Crippen LogP contribution in [0.25, 0.3) is 0 Å². The van der Waals surface area contributed by atoms with Crippen molar-refractivity contribution in [1.29, 1.82) is 0 Å². The molecule has 0 radical (unpaired) electrons. The Hall–Kier alpha value is -1.11. The number of hydrogen-bond acceptors (Lipinski definition) is 4. The van der Waals surface area contributed by atoms with Gasteiger partial charge in [0.2, 0.25) is 10.0 Å². The van der Waals surface area contributed by atoms with Crippen LogP contribution >= 0.6 is 0 Å². The Morgan fingerprint density at radius 1 is 1.29 bits per heavy atom. The summed E-state index contributed by atoms with van der Waals surface area (Å²) in [6.07, 6.45) is 0.648. The molecule has 0 fully saturated rings. The molecule has 1 aromatic carbocycles. The molecule has 0 aromatic heterocycles. The molecule has 0 unspecified atom stereocenters. The van der Waals surface area contributed by atoms with Crippen molar-refractivity contribution in [2.75, 3.05) is 29.8 Å². The first kappa shape index (κ1) is 17.9.